The summed E-state index contributed by atoms with van der Waals surface area (Å²) in [5.41, 5.74) is 1.37. The van der Waals surface area contributed by atoms with E-state index < -0.39 is 12.0 Å². The van der Waals surface area contributed by atoms with Gasteiger partial charge in [0.2, 0.25) is 17.6 Å². The minimum Gasteiger partial charge on any atom is -0.493 e. The third-order valence-electron chi connectivity index (χ3n) is 5.16. The predicted octanol–water partition coefficient (Wildman–Crippen LogP) is 1.92. The maximum Gasteiger partial charge on any atom is 0.227 e. The largest absolute Gasteiger partial charge is 0.493 e. The van der Waals surface area contributed by atoms with Crippen molar-refractivity contribution in [2.24, 2.45) is 5.92 Å². The topological polar surface area (TPSA) is 97.3 Å². The molecule has 0 radical (unpaired) electrons. The molecule has 1 fully saturated rings. The molecule has 3 rings (SSSR count). The molecule has 160 valence electrons. The number of benzene rings is 2. The third-order valence-corrected chi connectivity index (χ3v) is 5.16. The molecule has 0 saturated carbocycles. The average Bonchev–Trinajstić information content (AvgIpc) is 3.18. The highest BCUT2D eigenvalue weighted by Gasteiger charge is 2.36. The van der Waals surface area contributed by atoms with Gasteiger partial charge in [-0.1, -0.05) is 30.3 Å². The van der Waals surface area contributed by atoms with Crippen LogP contribution in [0.1, 0.15) is 18.0 Å². The Balaban J connectivity index is 1.77. The average molecular weight is 414 g/mol. The van der Waals surface area contributed by atoms with Crippen LogP contribution in [0.25, 0.3) is 0 Å². The number of hydrogen-bond acceptors (Lipinski definition) is 6. The van der Waals surface area contributed by atoms with E-state index >= 15 is 0 Å². The van der Waals surface area contributed by atoms with Gasteiger partial charge < -0.3 is 29.5 Å². The van der Waals surface area contributed by atoms with Crippen molar-refractivity contribution < 1.29 is 28.9 Å². The van der Waals surface area contributed by atoms with Gasteiger partial charge in [0.15, 0.2) is 11.5 Å². The Labute approximate surface area is 175 Å². The molecule has 30 heavy (non-hydrogen) atoms. The fraction of sp³-hybridized carbons (Fsp3) is 0.364. The Kier molecular flexibility index (Phi) is 6.79. The zero-order valence-electron chi connectivity index (χ0n) is 17.3. The van der Waals surface area contributed by atoms with E-state index in [-0.39, 0.29) is 31.4 Å². The van der Waals surface area contributed by atoms with Gasteiger partial charge >= 0.3 is 0 Å². The Morgan fingerprint density at radius 1 is 1.13 bits per heavy atom. The van der Waals surface area contributed by atoms with E-state index in [2.05, 4.69) is 5.32 Å². The molecule has 8 nitrogen and oxygen atoms in total. The number of hydrogen-bond donors (Lipinski definition) is 2. The smallest absolute Gasteiger partial charge is 0.227 e. The van der Waals surface area contributed by atoms with Crippen LogP contribution in [0.3, 0.4) is 0 Å². The lowest BCUT2D eigenvalue weighted by atomic mass is 10.0. The molecule has 0 aliphatic carbocycles. The van der Waals surface area contributed by atoms with Gasteiger partial charge in [-0.15, -0.1) is 0 Å². The van der Waals surface area contributed by atoms with Crippen LogP contribution in [0.5, 0.6) is 17.2 Å². The van der Waals surface area contributed by atoms with Crippen LogP contribution >= 0.6 is 0 Å². The monoisotopic (exact) mass is 414 g/mol. The van der Waals surface area contributed by atoms with Crippen LogP contribution in [0.2, 0.25) is 0 Å². The molecule has 1 aliphatic heterocycles. The molecule has 2 atom stereocenters. The van der Waals surface area contributed by atoms with Crippen molar-refractivity contribution >= 4 is 17.5 Å². The van der Waals surface area contributed by atoms with E-state index in [0.29, 0.717) is 22.9 Å². The minimum atomic E-state index is -0.533. The minimum absolute atomic E-state index is 0.0788. The number of aliphatic hydroxyl groups excluding tert-OH is 1. The van der Waals surface area contributed by atoms with E-state index in [4.69, 9.17) is 14.2 Å². The maximum atomic E-state index is 12.8. The van der Waals surface area contributed by atoms with Gasteiger partial charge in [0, 0.05) is 25.1 Å². The summed E-state index contributed by atoms with van der Waals surface area (Å²) in [6, 6.07) is 12.1. The van der Waals surface area contributed by atoms with Crippen LogP contribution in [0, 0.1) is 5.92 Å². The van der Waals surface area contributed by atoms with Crippen LogP contribution in [-0.2, 0) is 9.59 Å². The van der Waals surface area contributed by atoms with Crippen molar-refractivity contribution in [1.82, 2.24) is 5.32 Å². The summed E-state index contributed by atoms with van der Waals surface area (Å²) < 4.78 is 16.0. The lowest BCUT2D eigenvalue weighted by molar-refractivity contribution is -0.127. The fourth-order valence-electron chi connectivity index (χ4n) is 3.57. The second-order valence-corrected chi connectivity index (χ2v) is 6.94. The fourth-order valence-corrected chi connectivity index (χ4v) is 3.57. The number of nitrogens with one attached hydrogen (secondary N) is 1. The number of rotatable bonds is 8. The first-order valence-electron chi connectivity index (χ1n) is 9.58. The van der Waals surface area contributed by atoms with E-state index in [0.717, 1.165) is 5.56 Å². The Bertz CT molecular complexity index is 877. The molecule has 2 unspecified atom stereocenters. The molecule has 1 aliphatic rings. The third kappa shape index (κ3) is 4.33. The summed E-state index contributed by atoms with van der Waals surface area (Å²) >= 11 is 0. The first kappa shape index (κ1) is 21.4. The molecule has 0 spiro atoms. The first-order chi connectivity index (χ1) is 14.5. The summed E-state index contributed by atoms with van der Waals surface area (Å²) in [4.78, 5) is 27.0. The standard InChI is InChI=1S/C22H26N2O6/c1-28-18-10-16(11-19(29-2)21(18)30-3)24-12-15(9-20(24)26)22(27)23-17(13-25)14-7-5-4-6-8-14/h4-8,10-11,15,17,25H,9,12-13H2,1-3H3,(H,23,27). The molecule has 1 saturated heterocycles. The van der Waals surface area contributed by atoms with Crippen molar-refractivity contribution in [3.05, 3.63) is 48.0 Å². The Morgan fingerprint density at radius 3 is 2.30 bits per heavy atom. The van der Waals surface area contributed by atoms with E-state index in [1.54, 1.807) is 12.1 Å². The van der Waals surface area contributed by atoms with E-state index in [1.807, 2.05) is 30.3 Å². The normalized spacial score (nSPS) is 16.9. The van der Waals surface area contributed by atoms with Crippen LogP contribution in [0.4, 0.5) is 5.69 Å². The van der Waals surface area contributed by atoms with Gasteiger partial charge in [-0.25, -0.2) is 0 Å². The summed E-state index contributed by atoms with van der Waals surface area (Å²) in [6.07, 6.45) is 0.0788. The molecule has 1 heterocycles. The van der Waals surface area contributed by atoms with Gasteiger partial charge in [0.25, 0.3) is 0 Å². The van der Waals surface area contributed by atoms with Crippen molar-refractivity contribution in [2.45, 2.75) is 12.5 Å². The molecule has 8 heteroatoms. The van der Waals surface area contributed by atoms with Gasteiger partial charge in [0.1, 0.15) is 0 Å². The lowest BCUT2D eigenvalue weighted by Gasteiger charge is -2.21. The lowest BCUT2D eigenvalue weighted by Crippen LogP contribution is -2.37. The highest BCUT2D eigenvalue weighted by Crippen LogP contribution is 2.42. The summed E-state index contributed by atoms with van der Waals surface area (Å²) in [5, 5.41) is 12.5. The highest BCUT2D eigenvalue weighted by atomic mass is 16.5. The number of nitrogens with zero attached hydrogens (tertiary/aromatic N) is 1. The molecule has 2 aromatic rings. The molecule has 2 aromatic carbocycles. The van der Waals surface area contributed by atoms with E-state index in [1.165, 1.54) is 26.2 Å². The molecule has 0 bridgehead atoms. The Morgan fingerprint density at radius 2 is 1.77 bits per heavy atom. The van der Waals surface area contributed by atoms with Gasteiger partial charge in [0.05, 0.1) is 45.6 Å². The zero-order valence-corrected chi connectivity index (χ0v) is 17.3. The molecule has 0 aromatic heterocycles. The van der Waals surface area contributed by atoms with Crippen LogP contribution < -0.4 is 24.4 Å². The van der Waals surface area contributed by atoms with Crippen molar-refractivity contribution in [2.75, 3.05) is 39.4 Å². The SMILES string of the molecule is COc1cc(N2CC(C(=O)NC(CO)c3ccccc3)CC2=O)cc(OC)c1OC. The number of amides is 2. The summed E-state index contributed by atoms with van der Waals surface area (Å²) in [5.74, 6) is 0.299. The number of anilines is 1. The van der Waals surface area contributed by atoms with Gasteiger partial charge in [-0.3, -0.25) is 9.59 Å². The van der Waals surface area contributed by atoms with E-state index in [9.17, 15) is 14.7 Å². The first-order valence-corrected chi connectivity index (χ1v) is 9.58. The summed E-state index contributed by atoms with van der Waals surface area (Å²) in [6.45, 7) is -0.0107. The second kappa shape index (κ2) is 9.49. The predicted molar refractivity (Wildman–Crippen MR) is 111 cm³/mol. The number of carbonyl (C=O) groups is 2. The number of methoxy groups -OCH3 is 3. The number of aliphatic hydroxyl groups is 1. The van der Waals surface area contributed by atoms with Gasteiger partial charge in [-0.2, -0.15) is 0 Å². The van der Waals surface area contributed by atoms with Crippen molar-refractivity contribution in [3.8, 4) is 17.2 Å². The molecular formula is C22H26N2O6. The number of ether oxygens (including phenoxy) is 3. The zero-order chi connectivity index (χ0) is 21.7. The van der Waals surface area contributed by atoms with Crippen LogP contribution in [0.15, 0.2) is 42.5 Å². The van der Waals surface area contributed by atoms with Crippen molar-refractivity contribution in [3.63, 3.8) is 0 Å². The van der Waals surface area contributed by atoms with Gasteiger partial charge in [-0.05, 0) is 5.56 Å². The Hall–Kier alpha value is -3.26. The van der Waals surface area contributed by atoms with Crippen LogP contribution in [-0.4, -0.2) is 51.4 Å². The quantitative estimate of drug-likeness (QED) is 0.685. The van der Waals surface area contributed by atoms with Crippen molar-refractivity contribution in [1.29, 1.82) is 0 Å². The molecule has 2 amide bonds. The maximum absolute atomic E-state index is 12.8. The second-order valence-electron chi connectivity index (χ2n) is 6.94. The molecular weight excluding hydrogens is 388 g/mol. The highest BCUT2D eigenvalue weighted by molar-refractivity contribution is 6.00. The number of carbonyl (C=O) groups excluding carboxylic acids is 2. The summed E-state index contributed by atoms with van der Waals surface area (Å²) in [7, 11) is 4.51. The molecule has 2 N–H and O–H groups in total.